The largest absolute Gasteiger partial charge is 0.348 e. The molecule has 6 bridgehead atoms. The number of amides is 1. The highest BCUT2D eigenvalue weighted by molar-refractivity contribution is 7.22. The maximum atomic E-state index is 13.4. The van der Waals surface area contributed by atoms with Gasteiger partial charge in [-0.15, -0.1) is 0 Å². The van der Waals surface area contributed by atoms with Crippen LogP contribution in [-0.2, 0) is 17.6 Å². The number of pyridine rings is 1. The Balaban J connectivity index is 1.08. The number of anilines is 6. The van der Waals surface area contributed by atoms with Crippen LogP contribution in [0.2, 0.25) is 5.02 Å². The number of para-hydroxylation sites is 1. The molecule has 3 N–H and O–H groups in total. The summed E-state index contributed by atoms with van der Waals surface area (Å²) >= 11 is 8.13. The van der Waals surface area contributed by atoms with E-state index in [2.05, 4.69) is 47.9 Å². The standard InChI is InChI=1S/C31H29ClN8OS/c32-24-17-34-30-36-23-12-19(15-33-16-23)7-8-21-14-22(35-29(24)39-30)9-10-25(21)37-28(41)13-20-4-3-11-40(18-20)31-38-26-5-1-2-6-27(26)42-31/h1-2,5-6,9-10,12,14-17,20H,3-4,7-8,11,13,18H2,(H,37,41)(H2,34,35,36,39)/t20-/m1/s1. The van der Waals surface area contributed by atoms with Crippen molar-refractivity contribution >= 4 is 73.0 Å². The molecule has 7 rings (SSSR count). The zero-order valence-corrected chi connectivity index (χ0v) is 24.4. The Morgan fingerprint density at radius 3 is 2.90 bits per heavy atom. The van der Waals surface area contributed by atoms with Crippen LogP contribution in [0.3, 0.4) is 0 Å². The first kappa shape index (κ1) is 26.6. The molecule has 2 aromatic carbocycles. The van der Waals surface area contributed by atoms with Gasteiger partial charge in [-0.1, -0.05) is 35.1 Å². The molecule has 11 heteroatoms. The zero-order chi connectivity index (χ0) is 28.5. The van der Waals surface area contributed by atoms with Crippen LogP contribution in [0.1, 0.15) is 30.4 Å². The Bertz CT molecular complexity index is 1740. The summed E-state index contributed by atoms with van der Waals surface area (Å²) in [6.07, 6.45) is 9.20. The Morgan fingerprint density at radius 2 is 1.98 bits per heavy atom. The first-order chi connectivity index (χ1) is 20.6. The Labute approximate surface area is 252 Å². The van der Waals surface area contributed by atoms with Crippen molar-refractivity contribution in [2.45, 2.75) is 32.1 Å². The number of halogens is 1. The number of aryl methyl sites for hydroxylation is 2. The molecule has 0 radical (unpaired) electrons. The number of carbonyl (C=O) groups is 1. The van der Waals surface area contributed by atoms with Crippen LogP contribution < -0.4 is 20.9 Å². The van der Waals surface area contributed by atoms with Crippen molar-refractivity contribution in [3.05, 3.63) is 83.3 Å². The average Bonchev–Trinajstić information content (AvgIpc) is 3.44. The molecule has 9 nitrogen and oxygen atoms in total. The van der Waals surface area contributed by atoms with Crippen molar-refractivity contribution in [2.24, 2.45) is 5.92 Å². The van der Waals surface area contributed by atoms with E-state index >= 15 is 0 Å². The molecule has 0 aliphatic carbocycles. The van der Waals surface area contributed by atoms with Gasteiger partial charge in [0, 0.05) is 37.1 Å². The molecule has 3 aromatic heterocycles. The molecule has 0 unspecified atom stereocenters. The minimum absolute atomic E-state index is 0.0300. The fourth-order valence-electron chi connectivity index (χ4n) is 5.62. The molecule has 212 valence electrons. The summed E-state index contributed by atoms with van der Waals surface area (Å²) in [5.74, 6) is 1.22. The molecule has 1 amide bonds. The second-order valence-electron chi connectivity index (χ2n) is 10.8. The Kier molecular flexibility index (Phi) is 7.31. The molecule has 1 saturated heterocycles. The number of fused-ring (bicyclic) bond motifs is 7. The van der Waals surface area contributed by atoms with Gasteiger partial charge in [0.1, 0.15) is 5.02 Å². The molecule has 1 fully saturated rings. The molecule has 0 spiro atoms. The fraction of sp³-hybridized carbons (Fsp3) is 0.258. The number of nitrogens with zero attached hydrogens (tertiary/aromatic N) is 5. The van der Waals surface area contributed by atoms with E-state index in [-0.39, 0.29) is 11.8 Å². The predicted octanol–water partition coefficient (Wildman–Crippen LogP) is 6.97. The number of hydrogen-bond acceptors (Lipinski definition) is 9. The van der Waals surface area contributed by atoms with Gasteiger partial charge in [-0.3, -0.25) is 9.78 Å². The van der Waals surface area contributed by atoms with Crippen LogP contribution in [0.5, 0.6) is 0 Å². The van der Waals surface area contributed by atoms with Crippen molar-refractivity contribution in [3.63, 3.8) is 0 Å². The maximum absolute atomic E-state index is 13.4. The van der Waals surface area contributed by atoms with Crippen molar-refractivity contribution in [1.82, 2.24) is 19.9 Å². The van der Waals surface area contributed by atoms with Gasteiger partial charge in [-0.2, -0.15) is 4.98 Å². The van der Waals surface area contributed by atoms with Crippen LogP contribution in [0.25, 0.3) is 10.2 Å². The van der Waals surface area contributed by atoms with Crippen LogP contribution in [0.15, 0.2) is 67.1 Å². The lowest BCUT2D eigenvalue weighted by atomic mass is 9.94. The van der Waals surface area contributed by atoms with Gasteiger partial charge >= 0.3 is 0 Å². The van der Waals surface area contributed by atoms with Gasteiger partial charge in [0.2, 0.25) is 11.9 Å². The summed E-state index contributed by atoms with van der Waals surface area (Å²) in [5.41, 5.74) is 5.57. The van der Waals surface area contributed by atoms with Gasteiger partial charge in [-0.05, 0) is 79.1 Å². The normalized spacial score (nSPS) is 16.4. The van der Waals surface area contributed by atoms with E-state index in [1.165, 1.54) is 4.70 Å². The molecule has 5 aromatic rings. The monoisotopic (exact) mass is 596 g/mol. The summed E-state index contributed by atoms with van der Waals surface area (Å²) < 4.78 is 1.20. The lowest BCUT2D eigenvalue weighted by Gasteiger charge is -2.32. The van der Waals surface area contributed by atoms with Gasteiger partial charge in [0.15, 0.2) is 10.9 Å². The molecular weight excluding hydrogens is 568 g/mol. The topological polar surface area (TPSA) is 108 Å². The second kappa shape index (κ2) is 11.5. The van der Waals surface area contributed by atoms with Crippen molar-refractivity contribution in [3.8, 4) is 0 Å². The van der Waals surface area contributed by atoms with Crippen LogP contribution in [0.4, 0.5) is 34.0 Å². The van der Waals surface area contributed by atoms with Crippen LogP contribution in [-0.4, -0.2) is 38.9 Å². The number of thiazole rings is 1. The first-order valence-corrected chi connectivity index (χ1v) is 15.3. The highest BCUT2D eigenvalue weighted by atomic mass is 35.5. The van der Waals surface area contributed by atoms with Crippen molar-refractivity contribution in [1.29, 1.82) is 0 Å². The molecule has 2 aliphatic heterocycles. The van der Waals surface area contributed by atoms with E-state index in [0.717, 1.165) is 77.6 Å². The molecule has 2 aliphatic rings. The summed E-state index contributed by atoms with van der Waals surface area (Å²) in [5, 5.41) is 11.2. The highest BCUT2D eigenvalue weighted by Crippen LogP contribution is 2.33. The van der Waals surface area contributed by atoms with Crippen LogP contribution >= 0.6 is 22.9 Å². The van der Waals surface area contributed by atoms with E-state index in [9.17, 15) is 4.79 Å². The number of piperidine rings is 1. The quantitative estimate of drug-likeness (QED) is 0.204. The molecule has 5 heterocycles. The first-order valence-electron chi connectivity index (χ1n) is 14.1. The lowest BCUT2D eigenvalue weighted by molar-refractivity contribution is -0.117. The second-order valence-corrected chi connectivity index (χ2v) is 12.2. The van der Waals surface area contributed by atoms with Crippen LogP contribution in [0, 0.1) is 5.92 Å². The summed E-state index contributed by atoms with van der Waals surface area (Å²) in [6.45, 7) is 1.81. The predicted molar refractivity (Wildman–Crippen MR) is 169 cm³/mol. The zero-order valence-electron chi connectivity index (χ0n) is 22.8. The Morgan fingerprint density at radius 1 is 1.05 bits per heavy atom. The number of aromatic nitrogens is 4. The molecule has 0 saturated carbocycles. The Hall–Kier alpha value is -4.28. The summed E-state index contributed by atoms with van der Waals surface area (Å²) in [4.78, 5) is 33.8. The number of benzene rings is 2. The minimum atomic E-state index is 0.0300. The van der Waals surface area contributed by atoms with Gasteiger partial charge in [0.05, 0.1) is 28.3 Å². The smallest absolute Gasteiger partial charge is 0.229 e. The lowest BCUT2D eigenvalue weighted by Crippen LogP contribution is -2.36. The number of rotatable bonds is 4. The number of hydrogen-bond donors (Lipinski definition) is 3. The number of carbonyl (C=O) groups excluding carboxylic acids is 1. The van der Waals surface area contributed by atoms with E-state index in [0.29, 0.717) is 23.2 Å². The SMILES string of the molecule is O=C(C[C@H]1CCCN(c2nc3ccccc3s2)C1)Nc1ccc2cc1CCc1cncc(c1)Nc1ncc(Cl)c(n1)N2. The molecule has 1 atom stereocenters. The average molecular weight is 597 g/mol. The highest BCUT2D eigenvalue weighted by Gasteiger charge is 2.25. The van der Waals surface area contributed by atoms with E-state index in [4.69, 9.17) is 16.6 Å². The van der Waals surface area contributed by atoms with Gasteiger partial charge < -0.3 is 20.9 Å². The molecule has 42 heavy (non-hydrogen) atoms. The molecular formula is C31H29ClN8OS. The van der Waals surface area contributed by atoms with Crippen molar-refractivity contribution < 1.29 is 4.79 Å². The summed E-state index contributed by atoms with van der Waals surface area (Å²) in [7, 11) is 0. The van der Waals surface area contributed by atoms with Gasteiger partial charge in [0.25, 0.3) is 0 Å². The van der Waals surface area contributed by atoms with E-state index < -0.39 is 0 Å². The number of nitrogens with one attached hydrogen (secondary N) is 3. The van der Waals surface area contributed by atoms with E-state index in [1.807, 2.05) is 42.6 Å². The fourth-order valence-corrected chi connectivity index (χ4v) is 6.76. The maximum Gasteiger partial charge on any atom is 0.229 e. The summed E-state index contributed by atoms with van der Waals surface area (Å²) in [6, 6.07) is 16.2. The third kappa shape index (κ3) is 5.86. The third-order valence-electron chi connectivity index (χ3n) is 7.67. The third-order valence-corrected chi connectivity index (χ3v) is 9.04. The van der Waals surface area contributed by atoms with E-state index in [1.54, 1.807) is 23.7 Å². The van der Waals surface area contributed by atoms with Gasteiger partial charge in [-0.25, -0.2) is 9.97 Å². The minimum Gasteiger partial charge on any atom is -0.348 e. The van der Waals surface area contributed by atoms with Crippen molar-refractivity contribution in [2.75, 3.05) is 33.9 Å².